The van der Waals surface area contributed by atoms with Crippen LogP contribution in [0.5, 0.6) is 0 Å². The summed E-state index contributed by atoms with van der Waals surface area (Å²) in [5.41, 5.74) is 0.528. The third kappa shape index (κ3) is 4.95. The quantitative estimate of drug-likeness (QED) is 0.606. The average Bonchev–Trinajstić information content (AvgIpc) is 2.13. The second-order valence-electron chi connectivity index (χ2n) is 2.97. The smallest absolute Gasteiger partial charge is 0.212 e. The Hall–Kier alpha value is -0.870. The van der Waals surface area contributed by atoms with Crippen molar-refractivity contribution in [2.24, 2.45) is 0 Å². The van der Waals surface area contributed by atoms with Crippen LogP contribution in [-0.2, 0) is 15.5 Å². The largest absolute Gasteiger partial charge is 0.236 e. The van der Waals surface area contributed by atoms with Gasteiger partial charge in [-0.3, -0.25) is 0 Å². The first kappa shape index (κ1) is 12.2. The summed E-state index contributed by atoms with van der Waals surface area (Å²) in [7, 11) is 1.50. The molecule has 0 saturated heterocycles. The zero-order chi connectivity index (χ0) is 11.3. The Labute approximate surface area is 92.8 Å². The summed E-state index contributed by atoms with van der Waals surface area (Å²) in [6.07, 6.45) is 3.35. The SMILES string of the molecule is O=S(=O)(Cl)C/C=C\Cc1ccccc1F. The Morgan fingerprint density at radius 1 is 1.27 bits per heavy atom. The summed E-state index contributed by atoms with van der Waals surface area (Å²) in [6, 6.07) is 6.34. The Balaban J connectivity index is 2.55. The predicted molar refractivity (Wildman–Crippen MR) is 58.9 cm³/mol. The molecule has 1 aromatic rings. The summed E-state index contributed by atoms with van der Waals surface area (Å²) in [5, 5.41) is 0. The maximum atomic E-state index is 13.1. The molecule has 0 fully saturated rings. The van der Waals surface area contributed by atoms with Crippen LogP contribution in [0.25, 0.3) is 0 Å². The third-order valence-corrected chi connectivity index (χ3v) is 2.73. The van der Waals surface area contributed by atoms with E-state index >= 15 is 0 Å². The van der Waals surface area contributed by atoms with Crippen LogP contribution in [0.3, 0.4) is 0 Å². The molecular weight excluding hydrogens is 239 g/mol. The van der Waals surface area contributed by atoms with Crippen LogP contribution in [0.15, 0.2) is 36.4 Å². The number of rotatable bonds is 4. The van der Waals surface area contributed by atoms with Gasteiger partial charge < -0.3 is 0 Å². The average molecular weight is 249 g/mol. The van der Waals surface area contributed by atoms with Crippen LogP contribution in [0.4, 0.5) is 4.39 Å². The molecule has 0 heterocycles. The number of hydrogen-bond acceptors (Lipinski definition) is 2. The molecule has 0 unspecified atom stereocenters. The molecule has 0 N–H and O–H groups in total. The second-order valence-corrected chi connectivity index (χ2v) is 5.79. The fraction of sp³-hybridized carbons (Fsp3) is 0.200. The molecule has 1 aromatic carbocycles. The van der Waals surface area contributed by atoms with E-state index in [9.17, 15) is 12.8 Å². The van der Waals surface area contributed by atoms with Gasteiger partial charge in [0.1, 0.15) is 5.82 Å². The Bertz CT molecular complexity index is 454. The zero-order valence-electron chi connectivity index (χ0n) is 7.86. The van der Waals surface area contributed by atoms with E-state index < -0.39 is 9.05 Å². The van der Waals surface area contributed by atoms with Gasteiger partial charge in [-0.1, -0.05) is 30.4 Å². The fourth-order valence-electron chi connectivity index (χ4n) is 1.06. The molecule has 0 bridgehead atoms. The van der Waals surface area contributed by atoms with Gasteiger partial charge in [-0.05, 0) is 18.1 Å². The molecule has 1 rings (SSSR count). The minimum absolute atomic E-state index is 0.233. The van der Waals surface area contributed by atoms with Gasteiger partial charge in [0, 0.05) is 10.7 Å². The molecule has 0 spiro atoms. The monoisotopic (exact) mass is 248 g/mol. The van der Waals surface area contributed by atoms with Crippen LogP contribution in [0.2, 0.25) is 0 Å². The Morgan fingerprint density at radius 2 is 1.93 bits per heavy atom. The molecule has 15 heavy (non-hydrogen) atoms. The van der Waals surface area contributed by atoms with E-state index in [1.807, 2.05) is 0 Å². The number of halogens is 2. The fourth-order valence-corrected chi connectivity index (χ4v) is 1.64. The maximum absolute atomic E-state index is 13.1. The van der Waals surface area contributed by atoms with Crippen LogP contribution >= 0.6 is 10.7 Å². The van der Waals surface area contributed by atoms with Crippen LogP contribution in [0, 0.1) is 5.82 Å². The molecule has 0 aliphatic carbocycles. The number of benzene rings is 1. The number of allylic oxidation sites excluding steroid dienone is 1. The topological polar surface area (TPSA) is 34.1 Å². The lowest BCUT2D eigenvalue weighted by Crippen LogP contribution is -1.93. The van der Waals surface area contributed by atoms with Crippen molar-refractivity contribution in [1.82, 2.24) is 0 Å². The van der Waals surface area contributed by atoms with E-state index in [1.54, 1.807) is 24.3 Å². The van der Waals surface area contributed by atoms with Gasteiger partial charge in [0.2, 0.25) is 9.05 Å². The van der Waals surface area contributed by atoms with E-state index in [-0.39, 0.29) is 11.6 Å². The summed E-state index contributed by atoms with van der Waals surface area (Å²) >= 11 is 0. The molecule has 0 atom stereocenters. The minimum atomic E-state index is -3.50. The molecule has 2 nitrogen and oxygen atoms in total. The van der Waals surface area contributed by atoms with Gasteiger partial charge in [-0.2, -0.15) is 0 Å². The third-order valence-electron chi connectivity index (χ3n) is 1.76. The lowest BCUT2D eigenvalue weighted by Gasteiger charge is -1.97. The van der Waals surface area contributed by atoms with Gasteiger partial charge in [-0.15, -0.1) is 0 Å². The maximum Gasteiger partial charge on any atom is 0.236 e. The van der Waals surface area contributed by atoms with Crippen molar-refractivity contribution < 1.29 is 12.8 Å². The van der Waals surface area contributed by atoms with Crippen molar-refractivity contribution in [3.63, 3.8) is 0 Å². The van der Waals surface area contributed by atoms with Crippen molar-refractivity contribution in [3.05, 3.63) is 47.8 Å². The highest BCUT2D eigenvalue weighted by Crippen LogP contribution is 2.07. The highest BCUT2D eigenvalue weighted by Gasteiger charge is 2.00. The van der Waals surface area contributed by atoms with E-state index in [0.717, 1.165) is 0 Å². The molecule has 0 amide bonds. The first-order valence-electron chi connectivity index (χ1n) is 4.30. The molecule has 5 heteroatoms. The van der Waals surface area contributed by atoms with Crippen molar-refractivity contribution in [3.8, 4) is 0 Å². The van der Waals surface area contributed by atoms with Crippen LogP contribution < -0.4 is 0 Å². The van der Waals surface area contributed by atoms with E-state index in [0.29, 0.717) is 12.0 Å². The molecule has 82 valence electrons. The lowest BCUT2D eigenvalue weighted by atomic mass is 10.1. The molecular formula is C10H10ClFO2S. The summed E-state index contributed by atoms with van der Waals surface area (Å²) in [6.45, 7) is 0. The van der Waals surface area contributed by atoms with Crippen LogP contribution in [0.1, 0.15) is 5.56 Å². The Kier molecular flexibility index (Phi) is 4.29. The van der Waals surface area contributed by atoms with Gasteiger partial charge in [-0.25, -0.2) is 12.8 Å². The highest BCUT2D eigenvalue weighted by atomic mass is 35.7. The first-order chi connectivity index (χ1) is 6.99. The molecule has 0 radical (unpaired) electrons. The van der Waals surface area contributed by atoms with E-state index in [4.69, 9.17) is 10.7 Å². The Morgan fingerprint density at radius 3 is 2.53 bits per heavy atom. The molecule has 0 aliphatic rings. The predicted octanol–water partition coefficient (Wildman–Crippen LogP) is 2.49. The minimum Gasteiger partial charge on any atom is -0.212 e. The van der Waals surface area contributed by atoms with E-state index in [2.05, 4.69) is 0 Å². The standard InChI is InChI=1S/C10H10ClFO2S/c11-15(13,14)8-4-3-6-9-5-1-2-7-10(9)12/h1-5,7H,6,8H2/b4-3-. The molecule has 0 aromatic heterocycles. The van der Waals surface area contributed by atoms with Crippen molar-refractivity contribution in [2.75, 3.05) is 5.75 Å². The molecule has 0 aliphatic heterocycles. The summed E-state index contributed by atoms with van der Waals surface area (Å²) < 4.78 is 34.2. The van der Waals surface area contributed by atoms with E-state index in [1.165, 1.54) is 12.1 Å². The van der Waals surface area contributed by atoms with Gasteiger partial charge >= 0.3 is 0 Å². The van der Waals surface area contributed by atoms with Crippen molar-refractivity contribution in [2.45, 2.75) is 6.42 Å². The molecule has 0 saturated carbocycles. The zero-order valence-corrected chi connectivity index (χ0v) is 9.43. The second kappa shape index (κ2) is 5.28. The van der Waals surface area contributed by atoms with Gasteiger partial charge in [0.15, 0.2) is 0 Å². The van der Waals surface area contributed by atoms with Crippen LogP contribution in [-0.4, -0.2) is 14.2 Å². The highest BCUT2D eigenvalue weighted by molar-refractivity contribution is 8.13. The van der Waals surface area contributed by atoms with Crippen molar-refractivity contribution >= 4 is 19.7 Å². The lowest BCUT2D eigenvalue weighted by molar-refractivity contribution is 0.612. The summed E-state index contributed by atoms with van der Waals surface area (Å²) in [4.78, 5) is 0. The van der Waals surface area contributed by atoms with Gasteiger partial charge in [0.25, 0.3) is 0 Å². The van der Waals surface area contributed by atoms with Gasteiger partial charge in [0.05, 0.1) is 5.75 Å². The number of hydrogen-bond donors (Lipinski definition) is 0. The first-order valence-corrected chi connectivity index (χ1v) is 6.77. The normalized spacial score (nSPS) is 12.1. The summed E-state index contributed by atoms with van der Waals surface area (Å²) in [5.74, 6) is -0.529. The van der Waals surface area contributed by atoms with Crippen molar-refractivity contribution in [1.29, 1.82) is 0 Å².